The zero-order chi connectivity index (χ0) is 20.3. The lowest BCUT2D eigenvalue weighted by atomic mass is 10.1. The van der Waals surface area contributed by atoms with Crippen molar-refractivity contribution >= 4 is 51.4 Å². The van der Waals surface area contributed by atoms with Crippen LogP contribution in [0.3, 0.4) is 0 Å². The number of hydrogen-bond donors (Lipinski definition) is 2. The Balaban J connectivity index is 1.87. The SMILES string of the molecule is Nc1nnc(SC(C(=O)Nc2ccc(Cl)c(C(F)(F)F)c2)c2ccccc2)s1. The van der Waals surface area contributed by atoms with Gasteiger partial charge in [0.15, 0.2) is 4.34 Å². The third-order valence-electron chi connectivity index (χ3n) is 3.52. The predicted octanol–water partition coefficient (Wildman–Crippen LogP) is 5.26. The number of carbonyl (C=O) groups excluding carboxylic acids is 1. The van der Waals surface area contributed by atoms with Gasteiger partial charge in [0, 0.05) is 5.69 Å². The molecule has 28 heavy (non-hydrogen) atoms. The number of alkyl halides is 3. The molecule has 2 aromatic carbocycles. The highest BCUT2D eigenvalue weighted by Gasteiger charge is 2.33. The molecular weight excluding hydrogens is 433 g/mol. The number of nitrogens with one attached hydrogen (secondary N) is 1. The number of halogens is 4. The Morgan fingerprint density at radius 1 is 1.18 bits per heavy atom. The molecule has 0 aliphatic carbocycles. The quantitative estimate of drug-likeness (QED) is 0.524. The monoisotopic (exact) mass is 444 g/mol. The number of nitrogen functional groups attached to an aromatic ring is 1. The fourth-order valence-corrected chi connectivity index (χ4v) is 4.35. The first-order chi connectivity index (χ1) is 13.2. The Hall–Kier alpha value is -2.30. The van der Waals surface area contributed by atoms with E-state index < -0.39 is 27.9 Å². The number of aromatic nitrogens is 2. The molecule has 3 aromatic rings. The number of amides is 1. The molecular formula is C17H12ClF3N4OS2. The molecule has 3 rings (SSSR count). The molecule has 0 saturated heterocycles. The number of anilines is 2. The lowest BCUT2D eigenvalue weighted by molar-refractivity contribution is -0.137. The van der Waals surface area contributed by atoms with E-state index in [4.69, 9.17) is 17.3 Å². The Morgan fingerprint density at radius 2 is 1.89 bits per heavy atom. The normalized spacial score (nSPS) is 12.6. The van der Waals surface area contributed by atoms with Crippen LogP contribution >= 0.6 is 34.7 Å². The van der Waals surface area contributed by atoms with Gasteiger partial charge < -0.3 is 11.1 Å². The summed E-state index contributed by atoms with van der Waals surface area (Å²) in [7, 11) is 0. The molecule has 1 aromatic heterocycles. The van der Waals surface area contributed by atoms with Gasteiger partial charge in [0.25, 0.3) is 0 Å². The lowest BCUT2D eigenvalue weighted by Gasteiger charge is -2.17. The van der Waals surface area contributed by atoms with E-state index in [-0.39, 0.29) is 10.8 Å². The average Bonchev–Trinajstić information content (AvgIpc) is 3.06. The summed E-state index contributed by atoms with van der Waals surface area (Å²) < 4.78 is 39.6. The van der Waals surface area contributed by atoms with E-state index in [0.717, 1.165) is 35.2 Å². The number of nitrogens with two attached hydrogens (primary N) is 1. The van der Waals surface area contributed by atoms with Crippen molar-refractivity contribution in [2.75, 3.05) is 11.1 Å². The van der Waals surface area contributed by atoms with E-state index >= 15 is 0 Å². The minimum Gasteiger partial charge on any atom is -0.374 e. The minimum atomic E-state index is -4.63. The number of nitrogens with zero attached hydrogens (tertiary/aromatic N) is 2. The Morgan fingerprint density at radius 3 is 2.50 bits per heavy atom. The first-order valence-electron chi connectivity index (χ1n) is 7.72. The van der Waals surface area contributed by atoms with E-state index in [1.165, 1.54) is 6.07 Å². The van der Waals surface area contributed by atoms with E-state index in [9.17, 15) is 18.0 Å². The summed E-state index contributed by atoms with van der Waals surface area (Å²) in [5.74, 6) is -0.514. The van der Waals surface area contributed by atoms with Crippen molar-refractivity contribution in [1.29, 1.82) is 0 Å². The van der Waals surface area contributed by atoms with Crippen LogP contribution in [0.5, 0.6) is 0 Å². The van der Waals surface area contributed by atoms with Gasteiger partial charge in [-0.2, -0.15) is 13.2 Å². The summed E-state index contributed by atoms with van der Waals surface area (Å²) in [4.78, 5) is 12.8. The highest BCUT2D eigenvalue weighted by atomic mass is 35.5. The standard InChI is InChI=1S/C17H12ClF3N4OS2/c18-12-7-6-10(8-11(12)17(19,20)21)23-14(26)13(9-4-2-1-3-5-9)27-16-25-24-15(22)28-16/h1-8,13H,(H2,22,24)(H,23,26). The smallest absolute Gasteiger partial charge is 0.374 e. The number of benzene rings is 2. The molecule has 1 atom stereocenters. The molecule has 11 heteroatoms. The van der Waals surface area contributed by atoms with Gasteiger partial charge in [0.2, 0.25) is 11.0 Å². The van der Waals surface area contributed by atoms with Crippen LogP contribution in [0.2, 0.25) is 5.02 Å². The largest absolute Gasteiger partial charge is 0.417 e. The second-order valence-electron chi connectivity index (χ2n) is 5.50. The topological polar surface area (TPSA) is 80.9 Å². The van der Waals surface area contributed by atoms with E-state index in [2.05, 4.69) is 15.5 Å². The summed E-state index contributed by atoms with van der Waals surface area (Å²) in [6.07, 6.45) is -4.63. The lowest BCUT2D eigenvalue weighted by Crippen LogP contribution is -2.19. The maximum Gasteiger partial charge on any atom is 0.417 e. The predicted molar refractivity (Wildman–Crippen MR) is 104 cm³/mol. The number of carbonyl (C=O) groups is 1. The van der Waals surface area contributed by atoms with E-state index in [1.807, 2.05) is 0 Å². The minimum absolute atomic E-state index is 0.0139. The highest BCUT2D eigenvalue weighted by molar-refractivity contribution is 8.02. The van der Waals surface area contributed by atoms with Crippen molar-refractivity contribution in [1.82, 2.24) is 10.2 Å². The van der Waals surface area contributed by atoms with Crippen LogP contribution in [-0.2, 0) is 11.0 Å². The van der Waals surface area contributed by atoms with Crippen LogP contribution in [-0.4, -0.2) is 16.1 Å². The number of hydrogen-bond acceptors (Lipinski definition) is 6. The molecule has 1 amide bonds. The van der Waals surface area contributed by atoms with Gasteiger partial charge in [-0.15, -0.1) is 10.2 Å². The third-order valence-corrected chi connectivity index (χ3v) is 5.94. The second-order valence-corrected chi connectivity index (χ2v) is 8.26. The Labute approximate surface area is 171 Å². The molecule has 146 valence electrons. The first kappa shape index (κ1) is 20.4. The molecule has 0 radical (unpaired) electrons. The van der Waals surface area contributed by atoms with Crippen LogP contribution in [0.25, 0.3) is 0 Å². The van der Waals surface area contributed by atoms with E-state index in [0.29, 0.717) is 9.90 Å². The van der Waals surface area contributed by atoms with Gasteiger partial charge in [-0.3, -0.25) is 4.79 Å². The van der Waals surface area contributed by atoms with Crippen LogP contribution < -0.4 is 11.1 Å². The number of rotatable bonds is 5. The van der Waals surface area contributed by atoms with Gasteiger partial charge in [-0.1, -0.05) is 65.0 Å². The summed E-state index contributed by atoms with van der Waals surface area (Å²) in [5, 5.41) is 9.16. The van der Waals surface area contributed by atoms with Crippen molar-refractivity contribution < 1.29 is 18.0 Å². The van der Waals surface area contributed by atoms with Crippen molar-refractivity contribution in [3.05, 3.63) is 64.7 Å². The summed E-state index contributed by atoms with van der Waals surface area (Å²) in [6.45, 7) is 0. The molecule has 0 fully saturated rings. The average molecular weight is 445 g/mol. The number of thioether (sulfide) groups is 1. The van der Waals surface area contributed by atoms with Crippen molar-refractivity contribution in [2.24, 2.45) is 0 Å². The van der Waals surface area contributed by atoms with Crippen molar-refractivity contribution in [2.45, 2.75) is 15.8 Å². The molecule has 0 spiro atoms. The molecule has 3 N–H and O–H groups in total. The first-order valence-corrected chi connectivity index (χ1v) is 9.79. The second kappa shape index (κ2) is 8.38. The summed E-state index contributed by atoms with van der Waals surface area (Å²) in [5.41, 5.74) is 5.20. The van der Waals surface area contributed by atoms with Gasteiger partial charge >= 0.3 is 6.18 Å². The maximum absolute atomic E-state index is 13.1. The van der Waals surface area contributed by atoms with Crippen LogP contribution in [0.4, 0.5) is 24.0 Å². The van der Waals surface area contributed by atoms with Gasteiger partial charge in [0.05, 0.1) is 10.6 Å². The third kappa shape index (κ3) is 4.94. The highest BCUT2D eigenvalue weighted by Crippen LogP contribution is 2.39. The molecule has 1 unspecified atom stereocenters. The maximum atomic E-state index is 13.1. The van der Waals surface area contributed by atoms with Crippen molar-refractivity contribution in [3.8, 4) is 0 Å². The summed E-state index contributed by atoms with van der Waals surface area (Å²) >= 11 is 7.84. The molecule has 1 heterocycles. The molecule has 5 nitrogen and oxygen atoms in total. The summed E-state index contributed by atoms with van der Waals surface area (Å²) in [6, 6.07) is 12.0. The van der Waals surface area contributed by atoms with Crippen LogP contribution in [0.15, 0.2) is 52.9 Å². The van der Waals surface area contributed by atoms with E-state index in [1.54, 1.807) is 30.3 Å². The zero-order valence-electron chi connectivity index (χ0n) is 13.9. The molecule has 0 aliphatic rings. The molecule has 0 aliphatic heterocycles. The fourth-order valence-electron chi connectivity index (χ4n) is 2.30. The zero-order valence-corrected chi connectivity index (χ0v) is 16.3. The van der Waals surface area contributed by atoms with Gasteiger partial charge in [-0.25, -0.2) is 0 Å². The fraction of sp³-hybridized carbons (Fsp3) is 0.118. The van der Waals surface area contributed by atoms with Gasteiger partial charge in [-0.05, 0) is 23.8 Å². The van der Waals surface area contributed by atoms with Crippen LogP contribution in [0, 0.1) is 0 Å². The van der Waals surface area contributed by atoms with Crippen LogP contribution in [0.1, 0.15) is 16.4 Å². The van der Waals surface area contributed by atoms with Crippen molar-refractivity contribution in [3.63, 3.8) is 0 Å². The Kier molecular flexibility index (Phi) is 6.11. The van der Waals surface area contributed by atoms with Gasteiger partial charge in [0.1, 0.15) is 5.25 Å². The Bertz CT molecular complexity index is 982. The molecule has 0 bridgehead atoms. The molecule has 0 saturated carbocycles.